The summed E-state index contributed by atoms with van der Waals surface area (Å²) < 4.78 is 6.38. The van der Waals surface area contributed by atoms with E-state index in [0.29, 0.717) is 12.3 Å². The molecule has 1 aromatic carbocycles. The molecule has 1 aliphatic rings. The highest BCUT2D eigenvalue weighted by Gasteiger charge is 2.17. The van der Waals surface area contributed by atoms with Crippen LogP contribution in [0.4, 0.5) is 10.8 Å². The van der Waals surface area contributed by atoms with E-state index in [1.807, 2.05) is 37.3 Å². The fourth-order valence-electron chi connectivity index (χ4n) is 2.66. The Morgan fingerprint density at radius 3 is 2.96 bits per heavy atom. The van der Waals surface area contributed by atoms with Crippen LogP contribution in [0, 0.1) is 0 Å². The minimum absolute atomic E-state index is 0.0720. The summed E-state index contributed by atoms with van der Waals surface area (Å²) in [5.74, 6) is 0.422. The van der Waals surface area contributed by atoms with Gasteiger partial charge in [0, 0.05) is 25.4 Å². The molecule has 1 amide bonds. The number of nitrogens with one attached hydrogen (secondary N) is 1. The van der Waals surface area contributed by atoms with E-state index in [1.54, 1.807) is 4.90 Å². The molecule has 0 spiro atoms. The molecule has 8 heteroatoms. The maximum atomic E-state index is 12.5. The fraction of sp³-hybridized carbons (Fsp3) is 0.471. The number of para-hydroxylation sites is 1. The Hall–Kier alpha value is -1.64. The quantitative estimate of drug-likeness (QED) is 0.711. The Kier molecular flexibility index (Phi) is 6.66. The number of hydrogen-bond donors (Lipinski definition) is 1. The second-order valence-electron chi connectivity index (χ2n) is 5.65. The van der Waals surface area contributed by atoms with E-state index in [-0.39, 0.29) is 12.0 Å². The van der Waals surface area contributed by atoms with Gasteiger partial charge in [-0.1, -0.05) is 41.3 Å². The number of amides is 1. The van der Waals surface area contributed by atoms with Gasteiger partial charge >= 0.3 is 0 Å². The minimum Gasteiger partial charge on any atom is -0.376 e. The van der Waals surface area contributed by atoms with Crippen LogP contribution in [-0.4, -0.2) is 47.7 Å². The Bertz CT molecular complexity index is 674. The number of ether oxygens (including phenoxy) is 1. The molecule has 1 aliphatic heterocycles. The number of nitrogens with zero attached hydrogens (tertiary/aromatic N) is 3. The zero-order valence-corrected chi connectivity index (χ0v) is 15.8. The number of carbonyl (C=O) groups excluding carboxylic acids is 1. The van der Waals surface area contributed by atoms with Gasteiger partial charge < -0.3 is 15.0 Å². The minimum atomic E-state index is 0.0720. The molecule has 0 bridgehead atoms. The van der Waals surface area contributed by atoms with Crippen LogP contribution in [0.2, 0.25) is 0 Å². The molecule has 1 N–H and O–H groups in total. The summed E-state index contributed by atoms with van der Waals surface area (Å²) in [6.45, 7) is 4.23. The second-order valence-corrected chi connectivity index (χ2v) is 7.85. The number of carbonyl (C=O) groups is 1. The molecule has 2 aromatic rings. The van der Waals surface area contributed by atoms with Crippen molar-refractivity contribution in [2.24, 2.45) is 0 Å². The van der Waals surface area contributed by atoms with Gasteiger partial charge in [-0.05, 0) is 31.9 Å². The molecule has 1 fully saturated rings. The first-order valence-electron chi connectivity index (χ1n) is 8.43. The second kappa shape index (κ2) is 9.17. The first-order valence-corrected chi connectivity index (χ1v) is 10.2. The van der Waals surface area contributed by atoms with Gasteiger partial charge in [0.05, 0.1) is 11.9 Å². The highest BCUT2D eigenvalue weighted by atomic mass is 32.2. The van der Waals surface area contributed by atoms with Crippen molar-refractivity contribution in [2.45, 2.75) is 30.2 Å². The summed E-state index contributed by atoms with van der Waals surface area (Å²) >= 11 is 2.90. The summed E-state index contributed by atoms with van der Waals surface area (Å²) in [5, 5.41) is 12.3. The molecular weight excluding hydrogens is 356 g/mol. The largest absolute Gasteiger partial charge is 0.376 e. The van der Waals surface area contributed by atoms with E-state index in [1.165, 1.54) is 23.1 Å². The maximum Gasteiger partial charge on any atom is 0.237 e. The summed E-state index contributed by atoms with van der Waals surface area (Å²) in [7, 11) is 0. The lowest BCUT2D eigenvalue weighted by Crippen LogP contribution is -2.32. The lowest BCUT2D eigenvalue weighted by molar-refractivity contribution is -0.116. The van der Waals surface area contributed by atoms with Gasteiger partial charge in [0.1, 0.15) is 0 Å². The Morgan fingerprint density at radius 2 is 2.24 bits per heavy atom. The summed E-state index contributed by atoms with van der Waals surface area (Å²) in [6.07, 6.45) is 2.49. The van der Waals surface area contributed by atoms with Crippen molar-refractivity contribution in [1.29, 1.82) is 0 Å². The average molecular weight is 379 g/mol. The van der Waals surface area contributed by atoms with Gasteiger partial charge in [-0.3, -0.25) is 4.79 Å². The van der Waals surface area contributed by atoms with E-state index in [2.05, 4.69) is 15.5 Å². The average Bonchev–Trinajstić information content (AvgIpc) is 3.31. The Balaban J connectivity index is 1.48. The molecule has 2 heterocycles. The van der Waals surface area contributed by atoms with Crippen molar-refractivity contribution >= 4 is 39.8 Å². The first-order chi connectivity index (χ1) is 12.3. The number of hydrogen-bond acceptors (Lipinski definition) is 7. The molecule has 0 radical (unpaired) electrons. The van der Waals surface area contributed by atoms with Gasteiger partial charge in [-0.25, -0.2) is 0 Å². The normalized spacial score (nSPS) is 16.8. The van der Waals surface area contributed by atoms with Crippen molar-refractivity contribution in [3.05, 3.63) is 30.3 Å². The molecular formula is C17H22N4O2S2. The molecule has 3 rings (SSSR count). The van der Waals surface area contributed by atoms with Gasteiger partial charge in [-0.2, -0.15) is 0 Å². The molecule has 25 heavy (non-hydrogen) atoms. The van der Waals surface area contributed by atoms with E-state index < -0.39 is 0 Å². The number of benzene rings is 1. The van der Waals surface area contributed by atoms with Crippen molar-refractivity contribution in [3.63, 3.8) is 0 Å². The highest BCUT2D eigenvalue weighted by Crippen LogP contribution is 2.26. The van der Waals surface area contributed by atoms with E-state index >= 15 is 0 Å². The Morgan fingerprint density at radius 1 is 1.40 bits per heavy atom. The lowest BCUT2D eigenvalue weighted by Gasteiger charge is -2.20. The fourth-order valence-corrected chi connectivity index (χ4v) is 4.29. The van der Waals surface area contributed by atoms with Crippen LogP contribution in [-0.2, 0) is 9.53 Å². The number of anilines is 2. The number of aromatic nitrogens is 2. The smallest absolute Gasteiger partial charge is 0.237 e. The molecule has 1 unspecified atom stereocenters. The van der Waals surface area contributed by atoms with Crippen LogP contribution < -0.4 is 10.2 Å². The lowest BCUT2D eigenvalue weighted by atomic mass is 10.2. The van der Waals surface area contributed by atoms with Crippen LogP contribution in [0.15, 0.2) is 34.7 Å². The molecule has 1 atom stereocenters. The van der Waals surface area contributed by atoms with E-state index in [9.17, 15) is 4.79 Å². The van der Waals surface area contributed by atoms with Crippen LogP contribution >= 0.6 is 23.1 Å². The molecule has 6 nitrogen and oxygen atoms in total. The van der Waals surface area contributed by atoms with Gasteiger partial charge in [0.15, 0.2) is 4.34 Å². The number of rotatable bonds is 8. The zero-order chi connectivity index (χ0) is 17.5. The van der Waals surface area contributed by atoms with Crippen LogP contribution in [0.5, 0.6) is 0 Å². The third-order valence-electron chi connectivity index (χ3n) is 3.92. The highest BCUT2D eigenvalue weighted by molar-refractivity contribution is 8.01. The van der Waals surface area contributed by atoms with Gasteiger partial charge in [-0.15, -0.1) is 10.2 Å². The Labute approximate surface area is 156 Å². The topological polar surface area (TPSA) is 67.4 Å². The molecule has 1 aromatic heterocycles. The van der Waals surface area contributed by atoms with Gasteiger partial charge in [0.2, 0.25) is 11.0 Å². The van der Waals surface area contributed by atoms with Crippen molar-refractivity contribution in [3.8, 4) is 0 Å². The predicted octanol–water partition coefficient (Wildman–Crippen LogP) is 3.27. The molecule has 0 aliphatic carbocycles. The molecule has 134 valence electrons. The van der Waals surface area contributed by atoms with Gasteiger partial charge in [0.25, 0.3) is 0 Å². The zero-order valence-electron chi connectivity index (χ0n) is 14.2. The van der Waals surface area contributed by atoms with E-state index in [4.69, 9.17) is 4.74 Å². The monoisotopic (exact) mass is 378 g/mol. The number of thioether (sulfide) groups is 1. The van der Waals surface area contributed by atoms with Crippen LogP contribution in [0.1, 0.15) is 19.8 Å². The maximum absolute atomic E-state index is 12.5. The van der Waals surface area contributed by atoms with Crippen molar-refractivity contribution in [2.75, 3.05) is 35.7 Å². The predicted molar refractivity (Wildman–Crippen MR) is 103 cm³/mol. The summed E-state index contributed by atoms with van der Waals surface area (Å²) in [5.41, 5.74) is 0.923. The molecule has 1 saturated heterocycles. The van der Waals surface area contributed by atoms with Crippen LogP contribution in [0.25, 0.3) is 0 Å². The third kappa shape index (κ3) is 5.17. The van der Waals surface area contributed by atoms with E-state index in [0.717, 1.165) is 41.2 Å². The van der Waals surface area contributed by atoms with Crippen molar-refractivity contribution in [1.82, 2.24) is 10.2 Å². The summed E-state index contributed by atoms with van der Waals surface area (Å²) in [4.78, 5) is 14.3. The molecule has 0 saturated carbocycles. The summed E-state index contributed by atoms with van der Waals surface area (Å²) in [6, 6.07) is 9.72. The first kappa shape index (κ1) is 18.2. The van der Waals surface area contributed by atoms with Crippen molar-refractivity contribution < 1.29 is 9.53 Å². The third-order valence-corrected chi connectivity index (χ3v) is 5.91. The standard InChI is InChI=1S/C17H22N4O2S2/c1-2-21(13-7-4-3-5-8-13)15(22)12-24-17-20-19-16(25-17)18-11-14-9-6-10-23-14/h3-5,7-8,14H,2,6,9-12H2,1H3,(H,18,19). The van der Waals surface area contributed by atoms with Crippen LogP contribution in [0.3, 0.4) is 0 Å². The SMILES string of the molecule is CCN(C(=O)CSc1nnc(NCC2CCCO2)s1)c1ccccc1.